The molecule has 2 aromatic rings. The molecule has 0 heterocycles. The molecule has 142 valence electrons. The maximum Gasteiger partial charge on any atom is 0.122 e. The Morgan fingerprint density at radius 3 is 2.23 bits per heavy atom. The van der Waals surface area contributed by atoms with E-state index < -0.39 is 0 Å². The van der Waals surface area contributed by atoms with Crippen molar-refractivity contribution >= 4 is 0 Å². The fourth-order valence-electron chi connectivity index (χ4n) is 3.42. The van der Waals surface area contributed by atoms with Crippen molar-refractivity contribution in [3.05, 3.63) is 64.2 Å². The number of aryl methyl sites for hydroxylation is 2. The average Bonchev–Trinajstić information content (AvgIpc) is 2.56. The molecule has 0 saturated heterocycles. The summed E-state index contributed by atoms with van der Waals surface area (Å²) in [6.07, 6.45) is 0.966. The number of methoxy groups -OCH3 is 1. The Hall–Kier alpha value is -1.84. The summed E-state index contributed by atoms with van der Waals surface area (Å²) in [5.41, 5.74) is 10.2. The molecule has 0 fully saturated rings. The molecular weight excluding hydrogens is 320 g/mol. The number of benzene rings is 2. The van der Waals surface area contributed by atoms with Gasteiger partial charge in [0.15, 0.2) is 0 Å². The molecule has 0 spiro atoms. The minimum Gasteiger partial charge on any atom is -0.496 e. The van der Waals surface area contributed by atoms with Gasteiger partial charge in [-0.2, -0.15) is 0 Å². The first kappa shape index (κ1) is 20.5. The molecule has 2 rings (SSSR count). The van der Waals surface area contributed by atoms with Crippen LogP contribution in [-0.2, 0) is 19.5 Å². The Morgan fingerprint density at radius 1 is 1.04 bits per heavy atom. The van der Waals surface area contributed by atoms with E-state index in [2.05, 4.69) is 82.3 Å². The van der Waals surface area contributed by atoms with Crippen LogP contribution in [0, 0.1) is 13.8 Å². The third-order valence-electron chi connectivity index (χ3n) is 4.70. The lowest BCUT2D eigenvalue weighted by Gasteiger charge is -2.36. The molecule has 0 atom stereocenters. The Kier molecular flexibility index (Phi) is 6.85. The van der Waals surface area contributed by atoms with Gasteiger partial charge in [0.05, 0.1) is 7.11 Å². The zero-order valence-electron chi connectivity index (χ0n) is 17.4. The molecule has 0 aliphatic rings. The number of hydrogen-bond donors (Lipinski definition) is 1. The van der Waals surface area contributed by atoms with Crippen molar-refractivity contribution in [3.63, 3.8) is 0 Å². The van der Waals surface area contributed by atoms with Crippen molar-refractivity contribution in [2.24, 2.45) is 0 Å². The van der Waals surface area contributed by atoms with Crippen LogP contribution in [0.25, 0.3) is 0 Å². The third-order valence-corrected chi connectivity index (χ3v) is 4.70. The molecule has 3 nitrogen and oxygen atoms in total. The van der Waals surface area contributed by atoms with E-state index in [1.807, 2.05) is 6.07 Å². The maximum atomic E-state index is 5.53. The topological polar surface area (TPSA) is 24.5 Å². The van der Waals surface area contributed by atoms with Crippen LogP contribution in [0.1, 0.15) is 55.5 Å². The van der Waals surface area contributed by atoms with Crippen LogP contribution in [0.4, 0.5) is 0 Å². The summed E-state index contributed by atoms with van der Waals surface area (Å²) >= 11 is 0. The highest BCUT2D eigenvalue weighted by Gasteiger charge is 2.22. The lowest BCUT2D eigenvalue weighted by Crippen LogP contribution is -2.49. The minimum atomic E-state index is 0.0168. The van der Waals surface area contributed by atoms with Crippen LogP contribution in [0.3, 0.4) is 0 Å². The maximum absolute atomic E-state index is 5.53. The number of ether oxygens (including phenoxy) is 1. The molecular formula is C23H34N2O. The Bertz CT molecular complexity index is 711. The Balaban J connectivity index is 2.19. The van der Waals surface area contributed by atoms with Gasteiger partial charge in [0.25, 0.3) is 0 Å². The monoisotopic (exact) mass is 354 g/mol. The van der Waals surface area contributed by atoms with E-state index in [-0.39, 0.29) is 5.54 Å². The molecule has 0 aliphatic heterocycles. The average molecular weight is 355 g/mol. The van der Waals surface area contributed by atoms with Gasteiger partial charge in [0.2, 0.25) is 0 Å². The van der Waals surface area contributed by atoms with Crippen molar-refractivity contribution < 1.29 is 4.74 Å². The summed E-state index contributed by atoms with van der Waals surface area (Å²) in [5, 5.41) is 2.33. The van der Waals surface area contributed by atoms with E-state index in [1.165, 1.54) is 27.8 Å². The second-order valence-electron chi connectivity index (χ2n) is 8.04. The predicted octanol–water partition coefficient (Wildman–Crippen LogP) is 5.18. The lowest BCUT2D eigenvalue weighted by molar-refractivity contribution is 0.0601. The van der Waals surface area contributed by atoms with Crippen molar-refractivity contribution in [1.82, 2.24) is 10.4 Å². The number of hydrogen-bond acceptors (Lipinski definition) is 3. The summed E-state index contributed by atoms with van der Waals surface area (Å²) < 4.78 is 5.53. The predicted molar refractivity (Wildman–Crippen MR) is 110 cm³/mol. The van der Waals surface area contributed by atoms with Gasteiger partial charge in [-0.05, 0) is 63.8 Å². The van der Waals surface area contributed by atoms with E-state index in [9.17, 15) is 0 Å². The quantitative estimate of drug-likeness (QED) is 0.693. The van der Waals surface area contributed by atoms with Crippen LogP contribution < -0.4 is 10.2 Å². The highest BCUT2D eigenvalue weighted by Crippen LogP contribution is 2.24. The molecule has 26 heavy (non-hydrogen) atoms. The van der Waals surface area contributed by atoms with Gasteiger partial charge in [0, 0.05) is 18.6 Å². The van der Waals surface area contributed by atoms with Gasteiger partial charge in [-0.25, -0.2) is 10.4 Å². The summed E-state index contributed by atoms with van der Waals surface area (Å²) in [6, 6.07) is 13.1. The lowest BCUT2D eigenvalue weighted by atomic mass is 10.0. The second-order valence-corrected chi connectivity index (χ2v) is 8.04. The van der Waals surface area contributed by atoms with Gasteiger partial charge in [-0.3, -0.25) is 0 Å². The van der Waals surface area contributed by atoms with E-state index in [0.29, 0.717) is 0 Å². The van der Waals surface area contributed by atoms with Gasteiger partial charge in [0.1, 0.15) is 5.75 Å². The van der Waals surface area contributed by atoms with Crippen molar-refractivity contribution in [1.29, 1.82) is 0 Å². The van der Waals surface area contributed by atoms with Gasteiger partial charge >= 0.3 is 0 Å². The first-order valence-corrected chi connectivity index (χ1v) is 9.47. The number of hydrazine groups is 1. The molecule has 0 unspecified atom stereocenters. The molecule has 0 bridgehead atoms. The minimum absolute atomic E-state index is 0.0168. The summed E-state index contributed by atoms with van der Waals surface area (Å²) in [5.74, 6) is 0.975. The van der Waals surface area contributed by atoms with Gasteiger partial charge in [-0.15, -0.1) is 0 Å². The zero-order chi connectivity index (χ0) is 19.3. The van der Waals surface area contributed by atoms with Crippen LogP contribution in [-0.4, -0.2) is 17.7 Å². The second kappa shape index (κ2) is 8.70. The molecule has 2 aromatic carbocycles. The number of rotatable bonds is 7. The number of nitrogens with one attached hydrogen (secondary N) is 1. The Morgan fingerprint density at radius 2 is 1.69 bits per heavy atom. The van der Waals surface area contributed by atoms with Crippen molar-refractivity contribution in [2.75, 3.05) is 7.11 Å². The fourth-order valence-corrected chi connectivity index (χ4v) is 3.42. The fraction of sp³-hybridized carbons (Fsp3) is 0.478. The standard InChI is InChI=1S/C23H34N2O/c1-8-21-20(10-9-11-22(21)26-7)15-24-25(23(4,5)6)16-19-13-17(2)12-18(3)14-19/h9-14,24H,8,15-16H2,1-7H3. The van der Waals surface area contributed by atoms with E-state index in [0.717, 1.165) is 25.3 Å². The van der Waals surface area contributed by atoms with Crippen LogP contribution >= 0.6 is 0 Å². The molecule has 0 aliphatic carbocycles. The van der Waals surface area contributed by atoms with Crippen molar-refractivity contribution in [3.8, 4) is 5.75 Å². The summed E-state index contributed by atoms with van der Waals surface area (Å²) in [6.45, 7) is 14.9. The largest absolute Gasteiger partial charge is 0.496 e. The molecule has 0 saturated carbocycles. The van der Waals surface area contributed by atoms with E-state index in [4.69, 9.17) is 4.74 Å². The summed E-state index contributed by atoms with van der Waals surface area (Å²) in [4.78, 5) is 0. The van der Waals surface area contributed by atoms with E-state index in [1.54, 1.807) is 7.11 Å². The molecule has 0 radical (unpaired) electrons. The highest BCUT2D eigenvalue weighted by molar-refractivity contribution is 5.40. The Labute approximate surface area is 159 Å². The molecule has 0 aromatic heterocycles. The molecule has 3 heteroatoms. The van der Waals surface area contributed by atoms with Crippen LogP contribution in [0.2, 0.25) is 0 Å². The van der Waals surface area contributed by atoms with Gasteiger partial charge < -0.3 is 4.74 Å². The highest BCUT2D eigenvalue weighted by atomic mass is 16.5. The first-order chi connectivity index (χ1) is 12.2. The first-order valence-electron chi connectivity index (χ1n) is 9.47. The third kappa shape index (κ3) is 5.33. The normalized spacial score (nSPS) is 11.8. The van der Waals surface area contributed by atoms with Gasteiger partial charge in [-0.1, -0.05) is 48.4 Å². The smallest absolute Gasteiger partial charge is 0.122 e. The summed E-state index contributed by atoms with van der Waals surface area (Å²) in [7, 11) is 1.74. The van der Waals surface area contributed by atoms with E-state index >= 15 is 0 Å². The van der Waals surface area contributed by atoms with Crippen molar-refractivity contribution in [2.45, 2.75) is 66.6 Å². The molecule has 1 N–H and O–H groups in total. The van der Waals surface area contributed by atoms with Crippen LogP contribution in [0.15, 0.2) is 36.4 Å². The zero-order valence-corrected chi connectivity index (χ0v) is 17.4. The van der Waals surface area contributed by atoms with Crippen LogP contribution in [0.5, 0.6) is 5.75 Å². The molecule has 0 amide bonds. The number of nitrogens with zero attached hydrogens (tertiary/aromatic N) is 1. The SMILES string of the molecule is CCc1c(CNN(Cc2cc(C)cc(C)c2)C(C)(C)C)cccc1OC.